The van der Waals surface area contributed by atoms with Gasteiger partial charge in [0.25, 0.3) is 0 Å². The lowest BCUT2D eigenvalue weighted by Gasteiger charge is -2.30. The molecule has 0 unspecified atom stereocenters. The number of aryl methyl sites for hydroxylation is 1. The molecule has 46 heavy (non-hydrogen) atoms. The molecular weight excluding hydrogens is 658 g/mol. The largest absolute Gasteiger partial charge is 0.461 e. The summed E-state index contributed by atoms with van der Waals surface area (Å²) in [5.74, 6) is -1.19. The molecule has 1 aliphatic rings. The number of esters is 1. The van der Waals surface area contributed by atoms with E-state index < -0.39 is 42.1 Å². The number of rotatable bonds is 17. The number of furan rings is 1. The van der Waals surface area contributed by atoms with E-state index >= 15 is 0 Å². The number of carbonyl (C=O) groups excluding carboxylic acids is 3. The molecule has 4 rings (SSSR count). The monoisotopic (exact) mass is 699 g/mol. The number of benzene rings is 2. The Hall–Kier alpha value is -3.51. The summed E-state index contributed by atoms with van der Waals surface area (Å²) in [6, 6.07) is 20.3. The van der Waals surface area contributed by atoms with Crippen LogP contribution in [0.5, 0.6) is 0 Å². The van der Waals surface area contributed by atoms with Gasteiger partial charge in [-0.1, -0.05) is 74.5 Å². The second-order valence-corrected chi connectivity index (χ2v) is 12.5. The van der Waals surface area contributed by atoms with Crippen molar-refractivity contribution in [2.45, 2.75) is 64.9 Å². The Kier molecular flexibility index (Phi) is 13.4. The zero-order valence-corrected chi connectivity index (χ0v) is 28.0. The molecule has 0 spiro atoms. The Morgan fingerprint density at radius 3 is 2.37 bits per heavy atom. The fourth-order valence-corrected chi connectivity index (χ4v) is 5.80. The van der Waals surface area contributed by atoms with Crippen LogP contribution < -0.4 is 0 Å². The van der Waals surface area contributed by atoms with Gasteiger partial charge in [0.2, 0.25) is 5.91 Å². The van der Waals surface area contributed by atoms with E-state index in [1.54, 1.807) is 6.07 Å². The zero-order chi connectivity index (χ0) is 33.1. The number of carbonyl (C=O) groups is 3. The van der Waals surface area contributed by atoms with Crippen molar-refractivity contribution in [2.24, 2.45) is 11.8 Å². The van der Waals surface area contributed by atoms with Gasteiger partial charge < -0.3 is 28.5 Å². The number of aliphatic hydroxyl groups excluding tert-OH is 1. The van der Waals surface area contributed by atoms with Crippen LogP contribution in [0, 0.1) is 11.8 Å². The molecule has 0 bridgehead atoms. The molecule has 1 saturated heterocycles. The Labute approximate surface area is 278 Å². The van der Waals surface area contributed by atoms with Crippen LogP contribution in [-0.2, 0) is 48.0 Å². The Morgan fingerprint density at radius 1 is 1.07 bits per heavy atom. The van der Waals surface area contributed by atoms with Crippen LogP contribution in [0.3, 0.4) is 0 Å². The molecular formula is C35H42BrNO9. The first-order valence-electron chi connectivity index (χ1n) is 15.5. The van der Waals surface area contributed by atoms with Crippen molar-refractivity contribution >= 4 is 33.9 Å². The van der Waals surface area contributed by atoms with Crippen molar-refractivity contribution in [3.63, 3.8) is 0 Å². The van der Waals surface area contributed by atoms with E-state index in [0.29, 0.717) is 36.3 Å². The maximum absolute atomic E-state index is 14.1. The van der Waals surface area contributed by atoms with Crippen LogP contribution in [0.25, 0.3) is 0 Å². The Balaban J connectivity index is 1.45. The second-order valence-electron chi connectivity index (χ2n) is 11.6. The Bertz CT molecular complexity index is 1410. The van der Waals surface area contributed by atoms with Gasteiger partial charge in [-0.3, -0.25) is 9.59 Å². The maximum atomic E-state index is 14.1. The number of aliphatic hydroxyl groups is 1. The molecule has 248 valence electrons. The molecule has 4 atom stereocenters. The molecule has 1 aliphatic heterocycles. The highest BCUT2D eigenvalue weighted by Gasteiger charge is 2.46. The van der Waals surface area contributed by atoms with Crippen molar-refractivity contribution in [3.05, 3.63) is 93.9 Å². The molecule has 0 aliphatic carbocycles. The number of cyclic esters (lactones) is 1. The van der Waals surface area contributed by atoms with Gasteiger partial charge in [0, 0.05) is 20.0 Å². The number of hydrogen-bond acceptors (Lipinski definition) is 9. The molecule has 2 heterocycles. The quantitative estimate of drug-likeness (QED) is 0.133. The highest BCUT2D eigenvalue weighted by atomic mass is 79.9. The van der Waals surface area contributed by atoms with Gasteiger partial charge in [-0.25, -0.2) is 9.69 Å². The average Bonchev–Trinajstić information content (AvgIpc) is 3.62. The van der Waals surface area contributed by atoms with Crippen molar-refractivity contribution in [1.82, 2.24) is 4.90 Å². The van der Waals surface area contributed by atoms with Gasteiger partial charge in [-0.15, -0.1) is 0 Å². The molecule has 10 nitrogen and oxygen atoms in total. The van der Waals surface area contributed by atoms with Crippen molar-refractivity contribution in [3.8, 4) is 0 Å². The second kappa shape index (κ2) is 17.4. The number of ether oxygens (including phenoxy) is 4. The summed E-state index contributed by atoms with van der Waals surface area (Å²) in [5.41, 5.74) is 1.85. The first kappa shape index (κ1) is 35.3. The van der Waals surface area contributed by atoms with E-state index in [9.17, 15) is 19.5 Å². The molecule has 1 aromatic heterocycles. The highest BCUT2D eigenvalue weighted by Crippen LogP contribution is 2.37. The summed E-state index contributed by atoms with van der Waals surface area (Å²) in [6.45, 7) is 6.08. The predicted molar refractivity (Wildman–Crippen MR) is 173 cm³/mol. The summed E-state index contributed by atoms with van der Waals surface area (Å²) in [6.07, 6.45) is -0.964. The summed E-state index contributed by atoms with van der Waals surface area (Å²) >= 11 is 3.56. The van der Waals surface area contributed by atoms with E-state index in [1.165, 1.54) is 6.92 Å². The standard InChI is InChI=1S/C35H42BrNO9/c1-23(2)30-22-44-35(41)37(30)34(40)28(17-25-11-6-4-7-12-25)33(45-24(3)39)32-18-29(36)31(46-32)15-10-16-42-21-27(19-38)43-20-26-13-8-5-9-14-26/h4-9,11-14,18,23,27-28,30,33,38H,10,15-17,19-22H2,1-3H3/t27-,28-,30+,33-/m1/s1. The fourth-order valence-electron chi connectivity index (χ4n) is 5.30. The van der Waals surface area contributed by atoms with Gasteiger partial charge in [-0.2, -0.15) is 0 Å². The van der Waals surface area contributed by atoms with Crippen LogP contribution in [0.4, 0.5) is 4.79 Å². The van der Waals surface area contributed by atoms with E-state index in [2.05, 4.69) is 15.9 Å². The smallest absolute Gasteiger partial charge is 0.416 e. The van der Waals surface area contributed by atoms with Gasteiger partial charge in [0.15, 0.2) is 6.10 Å². The number of nitrogens with zero attached hydrogens (tertiary/aromatic N) is 1. The van der Waals surface area contributed by atoms with Gasteiger partial charge >= 0.3 is 12.1 Å². The molecule has 0 saturated carbocycles. The highest BCUT2D eigenvalue weighted by molar-refractivity contribution is 9.10. The lowest BCUT2D eigenvalue weighted by Crippen LogP contribution is -2.47. The van der Waals surface area contributed by atoms with E-state index in [1.807, 2.05) is 74.5 Å². The van der Waals surface area contributed by atoms with Gasteiger partial charge in [0.05, 0.1) is 36.3 Å². The predicted octanol–water partition coefficient (Wildman–Crippen LogP) is 6.04. The normalized spacial score (nSPS) is 16.7. The maximum Gasteiger partial charge on any atom is 0.416 e. The third-order valence-corrected chi connectivity index (χ3v) is 8.44. The summed E-state index contributed by atoms with van der Waals surface area (Å²) in [7, 11) is 0. The first-order chi connectivity index (χ1) is 22.2. The topological polar surface area (TPSA) is 125 Å². The number of amides is 2. The SMILES string of the molecule is CC(=O)O[C@@H](c1cc(Br)c(CCCOC[C@@H](CO)OCc2ccccc2)o1)[C@@H](Cc1ccccc1)C(=O)N1C(=O)OC[C@H]1C(C)C. The summed E-state index contributed by atoms with van der Waals surface area (Å²) in [4.78, 5) is 40.5. The minimum Gasteiger partial charge on any atom is -0.461 e. The van der Waals surface area contributed by atoms with E-state index in [-0.39, 0.29) is 37.9 Å². The number of imide groups is 1. The minimum absolute atomic E-state index is 0.0328. The number of hydrogen-bond donors (Lipinski definition) is 1. The average molecular weight is 701 g/mol. The van der Waals surface area contributed by atoms with Crippen molar-refractivity contribution < 1.29 is 42.9 Å². The Morgan fingerprint density at radius 2 is 1.74 bits per heavy atom. The van der Waals surface area contributed by atoms with Gasteiger partial charge in [0.1, 0.15) is 24.2 Å². The summed E-state index contributed by atoms with van der Waals surface area (Å²) in [5, 5.41) is 9.68. The molecule has 11 heteroatoms. The molecule has 1 fully saturated rings. The van der Waals surface area contributed by atoms with Gasteiger partial charge in [-0.05, 0) is 51.9 Å². The minimum atomic E-state index is -1.10. The fraction of sp³-hybridized carbons (Fsp3) is 0.457. The third-order valence-electron chi connectivity index (χ3n) is 7.77. The molecule has 0 radical (unpaired) electrons. The first-order valence-corrected chi connectivity index (χ1v) is 16.3. The van der Waals surface area contributed by atoms with E-state index in [0.717, 1.165) is 16.0 Å². The molecule has 2 amide bonds. The van der Waals surface area contributed by atoms with Crippen LogP contribution in [0.2, 0.25) is 0 Å². The van der Waals surface area contributed by atoms with Crippen LogP contribution in [0.15, 0.2) is 75.6 Å². The third kappa shape index (κ3) is 9.75. The van der Waals surface area contributed by atoms with Crippen molar-refractivity contribution in [2.75, 3.05) is 26.4 Å². The van der Waals surface area contributed by atoms with Crippen molar-refractivity contribution in [1.29, 1.82) is 0 Å². The van der Waals surface area contributed by atoms with Crippen LogP contribution in [-0.4, -0.2) is 66.5 Å². The molecule has 1 N–H and O–H groups in total. The number of halogens is 1. The zero-order valence-electron chi connectivity index (χ0n) is 26.4. The lowest BCUT2D eigenvalue weighted by molar-refractivity contribution is -0.155. The van der Waals surface area contributed by atoms with E-state index in [4.69, 9.17) is 23.4 Å². The molecule has 2 aromatic carbocycles. The lowest BCUT2D eigenvalue weighted by atomic mass is 9.90. The molecule has 3 aromatic rings. The van der Waals surface area contributed by atoms with Crippen LogP contribution in [0.1, 0.15) is 55.9 Å². The summed E-state index contributed by atoms with van der Waals surface area (Å²) < 4.78 is 29.4. The van der Waals surface area contributed by atoms with Crippen LogP contribution >= 0.6 is 15.9 Å².